The average Bonchev–Trinajstić information content (AvgIpc) is 3.12. The molecule has 2 aromatic rings. The molecular weight excluding hydrogens is 420 g/mol. The zero-order chi connectivity index (χ0) is 23.7. The largest absolute Gasteiger partial charge is 0.465 e. The third kappa shape index (κ3) is 5.07. The maximum Gasteiger partial charge on any atom is 0.407 e. The molecule has 8 heteroatoms. The van der Waals surface area contributed by atoms with Gasteiger partial charge in [-0.2, -0.15) is 0 Å². The molecule has 7 nitrogen and oxygen atoms in total. The minimum Gasteiger partial charge on any atom is -0.465 e. The smallest absolute Gasteiger partial charge is 0.407 e. The fourth-order valence-electron chi connectivity index (χ4n) is 4.14. The van der Waals surface area contributed by atoms with Crippen molar-refractivity contribution in [3.05, 3.63) is 53.9 Å². The second-order valence-corrected chi connectivity index (χ2v) is 15.0. The van der Waals surface area contributed by atoms with E-state index >= 15 is 0 Å². The van der Waals surface area contributed by atoms with Crippen LogP contribution in [-0.4, -0.2) is 41.5 Å². The van der Waals surface area contributed by atoms with Crippen LogP contribution in [0.25, 0.3) is 0 Å². The summed E-state index contributed by atoms with van der Waals surface area (Å²) in [7, 11) is -2.17. The summed E-state index contributed by atoms with van der Waals surface area (Å²) in [4.78, 5) is 18.3. The zero-order valence-corrected chi connectivity index (χ0v) is 20.7. The Bertz CT molecular complexity index is 946. The highest BCUT2D eigenvalue weighted by molar-refractivity contribution is 6.74. The van der Waals surface area contributed by atoms with Crippen LogP contribution >= 0.6 is 0 Å². The summed E-state index contributed by atoms with van der Waals surface area (Å²) in [6.07, 6.45) is 4.33. The van der Waals surface area contributed by atoms with Gasteiger partial charge in [0.1, 0.15) is 0 Å². The molecule has 0 aliphatic carbocycles. The highest BCUT2D eigenvalue weighted by Crippen LogP contribution is 2.44. The number of aromatic nitrogens is 1. The summed E-state index contributed by atoms with van der Waals surface area (Å²) < 4.78 is 6.84. The first kappa shape index (κ1) is 24.1. The van der Waals surface area contributed by atoms with Crippen LogP contribution in [0.5, 0.6) is 0 Å². The van der Waals surface area contributed by atoms with E-state index in [1.807, 2.05) is 24.3 Å². The van der Waals surface area contributed by atoms with Gasteiger partial charge in [0.2, 0.25) is 0 Å². The Balaban J connectivity index is 1.93. The van der Waals surface area contributed by atoms with Gasteiger partial charge in [-0.05, 0) is 66.7 Å². The molecule has 1 aliphatic heterocycles. The Labute approximate surface area is 191 Å². The van der Waals surface area contributed by atoms with Crippen molar-refractivity contribution >= 4 is 25.8 Å². The summed E-state index contributed by atoms with van der Waals surface area (Å²) in [5.41, 5.74) is 14.8. The summed E-state index contributed by atoms with van der Waals surface area (Å²) in [5.74, 6) is 0. The highest BCUT2D eigenvalue weighted by Gasteiger charge is 2.46. The van der Waals surface area contributed by atoms with Gasteiger partial charge in [0.25, 0.3) is 0 Å². The Morgan fingerprint density at radius 1 is 1.25 bits per heavy atom. The van der Waals surface area contributed by atoms with Crippen LogP contribution in [0, 0.1) is 0 Å². The summed E-state index contributed by atoms with van der Waals surface area (Å²) in [5, 5.41) is 10.2. The van der Waals surface area contributed by atoms with Gasteiger partial charge in [0.15, 0.2) is 8.32 Å². The van der Waals surface area contributed by atoms with E-state index in [-0.39, 0.29) is 23.2 Å². The Hall–Kier alpha value is -2.58. The first-order valence-electron chi connectivity index (χ1n) is 11.1. The minimum atomic E-state index is -2.17. The molecule has 1 aromatic heterocycles. The van der Waals surface area contributed by atoms with Crippen molar-refractivity contribution in [3.63, 3.8) is 0 Å². The molecule has 1 unspecified atom stereocenters. The van der Waals surface area contributed by atoms with E-state index in [0.29, 0.717) is 17.8 Å². The van der Waals surface area contributed by atoms with Gasteiger partial charge in [-0.1, -0.05) is 32.9 Å². The fourth-order valence-corrected chi connectivity index (χ4v) is 5.42. The number of amides is 1. The number of hydrogen-bond acceptors (Lipinski definition) is 5. The fraction of sp³-hybridized carbons (Fsp3) is 0.500. The van der Waals surface area contributed by atoms with Gasteiger partial charge >= 0.3 is 6.09 Å². The predicted octanol–water partition coefficient (Wildman–Crippen LogP) is 5.06. The topological polar surface area (TPSA) is 115 Å². The van der Waals surface area contributed by atoms with Gasteiger partial charge < -0.3 is 21.0 Å². The number of nitrogen functional groups attached to an aromatic ring is 2. The molecule has 1 amide bonds. The van der Waals surface area contributed by atoms with E-state index in [2.05, 4.69) is 38.8 Å². The highest BCUT2D eigenvalue weighted by atomic mass is 28.4. The quantitative estimate of drug-likeness (QED) is 0.413. The Morgan fingerprint density at radius 3 is 2.53 bits per heavy atom. The normalized spacial score (nSPS) is 20.3. The monoisotopic (exact) mass is 456 g/mol. The van der Waals surface area contributed by atoms with Crippen molar-refractivity contribution < 1.29 is 14.3 Å². The van der Waals surface area contributed by atoms with Crippen LogP contribution in [0.2, 0.25) is 18.1 Å². The third-order valence-corrected chi connectivity index (χ3v) is 11.4. The van der Waals surface area contributed by atoms with Gasteiger partial charge in [0, 0.05) is 18.4 Å². The Kier molecular flexibility index (Phi) is 6.85. The molecule has 0 saturated carbocycles. The maximum atomic E-state index is 12.5. The maximum absolute atomic E-state index is 12.5. The molecule has 5 N–H and O–H groups in total. The minimum absolute atomic E-state index is 0.00101. The third-order valence-electron chi connectivity index (χ3n) is 6.98. The molecule has 0 spiro atoms. The lowest BCUT2D eigenvalue weighted by Crippen LogP contribution is -2.49. The second kappa shape index (κ2) is 9.11. The summed E-state index contributed by atoms with van der Waals surface area (Å²) in [6, 6.07) is 8.98. The van der Waals surface area contributed by atoms with Crippen molar-refractivity contribution in [3.8, 4) is 0 Å². The molecule has 1 saturated heterocycles. The van der Waals surface area contributed by atoms with Crippen LogP contribution in [0.4, 0.5) is 16.2 Å². The molecular formula is C24H36N4O3Si. The van der Waals surface area contributed by atoms with Crippen molar-refractivity contribution in [1.82, 2.24) is 9.88 Å². The molecule has 3 rings (SSSR count). The first-order chi connectivity index (χ1) is 14.9. The molecule has 2 heterocycles. The van der Waals surface area contributed by atoms with Crippen LogP contribution in [0.1, 0.15) is 50.8 Å². The van der Waals surface area contributed by atoms with Crippen molar-refractivity contribution in [2.45, 2.75) is 76.4 Å². The van der Waals surface area contributed by atoms with Gasteiger partial charge in [-0.3, -0.25) is 9.88 Å². The van der Waals surface area contributed by atoms with Crippen LogP contribution < -0.4 is 11.5 Å². The number of carbonyl (C=O) groups is 1. The predicted molar refractivity (Wildman–Crippen MR) is 131 cm³/mol. The molecule has 1 aliphatic rings. The van der Waals surface area contributed by atoms with E-state index in [1.165, 1.54) is 0 Å². The first-order valence-corrected chi connectivity index (χ1v) is 14.0. The molecule has 3 atom stereocenters. The van der Waals surface area contributed by atoms with E-state index in [9.17, 15) is 9.90 Å². The number of likely N-dealkylation sites (tertiary alicyclic amines) is 1. The van der Waals surface area contributed by atoms with Crippen LogP contribution in [0.3, 0.4) is 0 Å². The van der Waals surface area contributed by atoms with Crippen LogP contribution in [-0.2, 0) is 10.8 Å². The van der Waals surface area contributed by atoms with Gasteiger partial charge in [0.05, 0.1) is 23.5 Å². The van der Waals surface area contributed by atoms with E-state index in [0.717, 1.165) is 24.0 Å². The molecule has 174 valence electrons. The number of nitrogens with two attached hydrogens (primary N) is 2. The van der Waals surface area contributed by atoms with E-state index in [4.69, 9.17) is 15.9 Å². The van der Waals surface area contributed by atoms with Crippen molar-refractivity contribution in [2.24, 2.45) is 0 Å². The average molecular weight is 457 g/mol. The summed E-state index contributed by atoms with van der Waals surface area (Å²) >= 11 is 0. The lowest BCUT2D eigenvalue weighted by Gasteiger charge is -2.42. The molecule has 1 aromatic carbocycles. The van der Waals surface area contributed by atoms with Crippen molar-refractivity contribution in [1.29, 1.82) is 0 Å². The Morgan fingerprint density at radius 2 is 1.97 bits per heavy atom. The SMILES string of the molecule is CC(C)(C)[Si](C)(C)OC(c1cccnc1)[C@H]1CC[C@@H](Cc2ccc(N)c(N)c2)N1C(=O)O. The number of rotatable bonds is 6. The second-order valence-electron chi connectivity index (χ2n) is 10.2. The molecule has 0 bridgehead atoms. The number of benzene rings is 1. The number of nitrogens with zero attached hydrogens (tertiary/aromatic N) is 2. The van der Waals surface area contributed by atoms with Gasteiger partial charge in [-0.15, -0.1) is 0 Å². The van der Waals surface area contributed by atoms with Crippen LogP contribution in [0.15, 0.2) is 42.7 Å². The molecule has 0 radical (unpaired) electrons. The number of hydrogen-bond donors (Lipinski definition) is 3. The lowest BCUT2D eigenvalue weighted by molar-refractivity contribution is 0.0597. The number of pyridine rings is 1. The van der Waals surface area contributed by atoms with Gasteiger partial charge in [-0.25, -0.2) is 4.79 Å². The molecule has 1 fully saturated rings. The lowest BCUT2D eigenvalue weighted by atomic mass is 10.0. The van der Waals surface area contributed by atoms with Crippen molar-refractivity contribution in [2.75, 3.05) is 11.5 Å². The van der Waals surface area contributed by atoms with E-state index in [1.54, 1.807) is 23.4 Å². The van der Waals surface area contributed by atoms with E-state index < -0.39 is 14.4 Å². The standard InChI is InChI=1S/C24H36N4O3Si/c1-24(2,3)32(4,5)31-22(17-7-6-12-27-15-17)21-11-9-18(28(21)23(29)30)13-16-8-10-19(25)20(26)14-16/h6-8,10,12,14-15,18,21-22H,9,11,13,25-26H2,1-5H3,(H,29,30)/t18-,21+,22?/m0/s1. The number of carboxylic acid groups (broad SMARTS) is 1. The number of anilines is 2. The summed E-state index contributed by atoms with van der Waals surface area (Å²) in [6.45, 7) is 11.0. The zero-order valence-electron chi connectivity index (χ0n) is 19.7. The molecule has 32 heavy (non-hydrogen) atoms.